The lowest BCUT2D eigenvalue weighted by atomic mass is 9.97. The molecule has 1 fully saturated rings. The number of aryl methyl sites for hydroxylation is 1. The van der Waals surface area contributed by atoms with Crippen LogP contribution in [0.2, 0.25) is 0 Å². The van der Waals surface area contributed by atoms with E-state index in [0.717, 1.165) is 38.0 Å². The second-order valence-electron chi connectivity index (χ2n) is 5.63. The van der Waals surface area contributed by atoms with Crippen LogP contribution in [0.5, 0.6) is 0 Å². The molecule has 2 N–H and O–H groups in total. The normalized spacial score (nSPS) is 25.4. The lowest BCUT2D eigenvalue weighted by Crippen LogP contribution is -2.45. The van der Waals surface area contributed by atoms with Crippen LogP contribution in [0, 0.1) is 0 Å². The molecule has 2 aliphatic rings. The molecular weight excluding hydrogens is 252 g/mol. The molecule has 3 rings (SSSR count). The van der Waals surface area contributed by atoms with Crippen LogP contribution in [0.1, 0.15) is 31.2 Å². The van der Waals surface area contributed by atoms with Gasteiger partial charge in [-0.25, -0.2) is 0 Å². The Bertz CT molecular complexity index is 469. The maximum absolute atomic E-state index is 12.2. The monoisotopic (exact) mass is 274 g/mol. The summed E-state index contributed by atoms with van der Waals surface area (Å²) in [5.41, 5.74) is 2.39. The topological polar surface area (TPSA) is 50.4 Å². The Morgan fingerprint density at radius 1 is 1.30 bits per heavy atom. The van der Waals surface area contributed by atoms with Crippen LogP contribution in [-0.4, -0.2) is 31.2 Å². The zero-order valence-electron chi connectivity index (χ0n) is 11.7. The Morgan fingerprint density at radius 2 is 2.20 bits per heavy atom. The summed E-state index contributed by atoms with van der Waals surface area (Å²) in [4.78, 5) is 12.2. The van der Waals surface area contributed by atoms with E-state index < -0.39 is 0 Å². The lowest BCUT2D eigenvalue weighted by Gasteiger charge is -2.28. The molecule has 1 saturated heterocycles. The molecule has 108 valence electrons. The van der Waals surface area contributed by atoms with E-state index in [9.17, 15) is 4.79 Å². The minimum absolute atomic E-state index is 0.0914. The van der Waals surface area contributed by atoms with Crippen molar-refractivity contribution in [3.05, 3.63) is 29.8 Å². The first-order valence-electron chi connectivity index (χ1n) is 7.57. The van der Waals surface area contributed by atoms with Crippen molar-refractivity contribution in [1.29, 1.82) is 0 Å². The summed E-state index contributed by atoms with van der Waals surface area (Å²) in [7, 11) is 0. The van der Waals surface area contributed by atoms with E-state index in [2.05, 4.69) is 16.7 Å². The lowest BCUT2D eigenvalue weighted by molar-refractivity contribution is -0.122. The smallest absolute Gasteiger partial charge is 0.242 e. The van der Waals surface area contributed by atoms with Crippen molar-refractivity contribution < 1.29 is 9.53 Å². The van der Waals surface area contributed by atoms with Crippen molar-refractivity contribution in [2.24, 2.45) is 0 Å². The van der Waals surface area contributed by atoms with Crippen molar-refractivity contribution in [1.82, 2.24) is 5.32 Å². The highest BCUT2D eigenvalue weighted by Gasteiger charge is 2.24. The summed E-state index contributed by atoms with van der Waals surface area (Å²) in [5, 5.41) is 6.36. The molecule has 1 amide bonds. The number of benzene rings is 1. The minimum Gasteiger partial charge on any atom is -0.376 e. The maximum atomic E-state index is 12.2. The fourth-order valence-corrected chi connectivity index (χ4v) is 2.94. The molecule has 2 heterocycles. The Labute approximate surface area is 119 Å². The third kappa shape index (κ3) is 3.12. The third-order valence-corrected chi connectivity index (χ3v) is 4.14. The van der Waals surface area contributed by atoms with Gasteiger partial charge in [-0.2, -0.15) is 0 Å². The maximum Gasteiger partial charge on any atom is 0.242 e. The number of carbonyl (C=O) groups excluding carboxylic acids is 1. The van der Waals surface area contributed by atoms with Gasteiger partial charge in [0.2, 0.25) is 5.91 Å². The largest absolute Gasteiger partial charge is 0.376 e. The molecule has 2 aliphatic heterocycles. The molecule has 0 bridgehead atoms. The number of amides is 1. The number of para-hydroxylation sites is 1. The van der Waals surface area contributed by atoms with Crippen molar-refractivity contribution in [3.63, 3.8) is 0 Å². The molecule has 4 heteroatoms. The number of rotatable bonds is 3. The van der Waals surface area contributed by atoms with E-state index in [0.29, 0.717) is 6.54 Å². The first-order valence-corrected chi connectivity index (χ1v) is 7.57. The summed E-state index contributed by atoms with van der Waals surface area (Å²) in [6.07, 6.45) is 5.42. The van der Waals surface area contributed by atoms with Crippen LogP contribution in [0.3, 0.4) is 0 Å². The summed E-state index contributed by atoms with van der Waals surface area (Å²) < 4.78 is 5.64. The molecule has 0 saturated carbocycles. The van der Waals surface area contributed by atoms with Crippen molar-refractivity contribution in [2.75, 3.05) is 18.5 Å². The highest BCUT2D eigenvalue weighted by atomic mass is 16.5. The summed E-state index contributed by atoms with van der Waals surface area (Å²) in [5.74, 6) is 0.0914. The molecule has 1 aromatic carbocycles. The predicted octanol–water partition coefficient (Wildman–Crippen LogP) is 2.10. The van der Waals surface area contributed by atoms with Gasteiger partial charge in [-0.15, -0.1) is 0 Å². The SMILES string of the molecule is O=C(NCC1CCCCO1)C1CCc2ccccc2N1. The predicted molar refractivity (Wildman–Crippen MR) is 78.8 cm³/mol. The number of nitrogens with one attached hydrogen (secondary N) is 2. The first kappa shape index (κ1) is 13.4. The third-order valence-electron chi connectivity index (χ3n) is 4.14. The molecule has 20 heavy (non-hydrogen) atoms. The molecule has 0 spiro atoms. The second kappa shape index (κ2) is 6.27. The Balaban J connectivity index is 1.51. The number of ether oxygens (including phenoxy) is 1. The molecule has 0 radical (unpaired) electrons. The minimum atomic E-state index is -0.117. The van der Waals surface area contributed by atoms with Crippen LogP contribution in [-0.2, 0) is 16.0 Å². The van der Waals surface area contributed by atoms with Crippen LogP contribution >= 0.6 is 0 Å². The Hall–Kier alpha value is -1.55. The first-order chi connectivity index (χ1) is 9.83. The fraction of sp³-hybridized carbons (Fsp3) is 0.562. The highest BCUT2D eigenvalue weighted by Crippen LogP contribution is 2.24. The number of anilines is 1. The zero-order valence-corrected chi connectivity index (χ0v) is 11.7. The molecule has 4 nitrogen and oxygen atoms in total. The van der Waals surface area contributed by atoms with Gasteiger partial charge in [-0.3, -0.25) is 4.79 Å². The fourth-order valence-electron chi connectivity index (χ4n) is 2.94. The van der Waals surface area contributed by atoms with E-state index in [-0.39, 0.29) is 18.1 Å². The van der Waals surface area contributed by atoms with Gasteiger partial charge in [0, 0.05) is 18.8 Å². The van der Waals surface area contributed by atoms with Gasteiger partial charge in [0.1, 0.15) is 6.04 Å². The van der Waals surface area contributed by atoms with E-state index in [4.69, 9.17) is 4.74 Å². The van der Waals surface area contributed by atoms with Gasteiger partial charge in [-0.05, 0) is 43.7 Å². The van der Waals surface area contributed by atoms with Crippen LogP contribution in [0.25, 0.3) is 0 Å². The van der Waals surface area contributed by atoms with Crippen LogP contribution in [0.15, 0.2) is 24.3 Å². The molecule has 2 unspecified atom stereocenters. The standard InChI is InChI=1S/C16H22N2O2/c19-16(17-11-13-6-3-4-10-20-13)15-9-8-12-5-1-2-7-14(12)18-15/h1-2,5,7,13,15,18H,3-4,6,8-11H2,(H,17,19). The number of hydrogen-bond acceptors (Lipinski definition) is 3. The van der Waals surface area contributed by atoms with Crippen molar-refractivity contribution in [2.45, 2.75) is 44.2 Å². The van der Waals surface area contributed by atoms with Crippen molar-refractivity contribution in [3.8, 4) is 0 Å². The van der Waals surface area contributed by atoms with E-state index in [1.54, 1.807) is 0 Å². The number of fused-ring (bicyclic) bond motifs is 1. The number of hydrogen-bond donors (Lipinski definition) is 2. The average Bonchev–Trinajstić information content (AvgIpc) is 2.53. The van der Waals surface area contributed by atoms with Crippen LogP contribution < -0.4 is 10.6 Å². The number of carbonyl (C=O) groups is 1. The van der Waals surface area contributed by atoms with Crippen LogP contribution in [0.4, 0.5) is 5.69 Å². The van der Waals surface area contributed by atoms with E-state index in [1.165, 1.54) is 12.0 Å². The van der Waals surface area contributed by atoms with Gasteiger partial charge in [0.25, 0.3) is 0 Å². The highest BCUT2D eigenvalue weighted by molar-refractivity contribution is 5.85. The Morgan fingerprint density at radius 3 is 3.05 bits per heavy atom. The van der Waals surface area contributed by atoms with E-state index >= 15 is 0 Å². The average molecular weight is 274 g/mol. The molecular formula is C16H22N2O2. The van der Waals surface area contributed by atoms with Gasteiger partial charge < -0.3 is 15.4 Å². The Kier molecular flexibility index (Phi) is 4.21. The van der Waals surface area contributed by atoms with Crippen molar-refractivity contribution >= 4 is 11.6 Å². The van der Waals surface area contributed by atoms with E-state index in [1.807, 2.05) is 18.2 Å². The van der Waals surface area contributed by atoms with Gasteiger partial charge in [0.05, 0.1) is 6.10 Å². The summed E-state index contributed by atoms with van der Waals surface area (Å²) in [6.45, 7) is 1.47. The molecule has 1 aromatic rings. The second-order valence-corrected chi connectivity index (χ2v) is 5.63. The molecule has 0 aromatic heterocycles. The summed E-state index contributed by atoms with van der Waals surface area (Å²) >= 11 is 0. The summed E-state index contributed by atoms with van der Waals surface area (Å²) in [6, 6.07) is 8.09. The molecule has 0 aliphatic carbocycles. The molecule has 2 atom stereocenters. The van der Waals surface area contributed by atoms with Gasteiger partial charge in [0.15, 0.2) is 0 Å². The van der Waals surface area contributed by atoms with Gasteiger partial charge in [-0.1, -0.05) is 18.2 Å². The zero-order chi connectivity index (χ0) is 13.8. The van der Waals surface area contributed by atoms with Gasteiger partial charge >= 0.3 is 0 Å². The quantitative estimate of drug-likeness (QED) is 0.887.